The van der Waals surface area contributed by atoms with Crippen LogP contribution in [0.4, 0.5) is 0 Å². The van der Waals surface area contributed by atoms with Gasteiger partial charge in [0.15, 0.2) is 0 Å². The molecule has 4 nitrogen and oxygen atoms in total. The van der Waals surface area contributed by atoms with Crippen LogP contribution in [0.25, 0.3) is 0 Å². The highest BCUT2D eigenvalue weighted by Crippen LogP contribution is 2.10. The number of nitrogens with zero attached hydrogens (tertiary/aromatic N) is 1. The molecule has 78 valence electrons. The van der Waals surface area contributed by atoms with Gasteiger partial charge in [-0.2, -0.15) is 0 Å². The second-order valence-electron chi connectivity index (χ2n) is 3.19. The van der Waals surface area contributed by atoms with Crippen LogP contribution in [0.1, 0.15) is 36.5 Å². The molecule has 1 aromatic rings. The van der Waals surface area contributed by atoms with Gasteiger partial charge in [-0.3, -0.25) is 10.2 Å². The molecule has 0 saturated heterocycles. The first kappa shape index (κ1) is 10.8. The van der Waals surface area contributed by atoms with E-state index in [0.29, 0.717) is 5.69 Å². The first-order valence-corrected chi connectivity index (χ1v) is 4.93. The molecule has 0 aliphatic carbocycles. The average Bonchev–Trinajstić information content (AvgIpc) is 2.60. The first-order chi connectivity index (χ1) is 6.74. The normalized spacial score (nSPS) is 10.2. The van der Waals surface area contributed by atoms with Crippen LogP contribution in [0.15, 0.2) is 12.1 Å². The maximum absolute atomic E-state index is 11.4. The summed E-state index contributed by atoms with van der Waals surface area (Å²) < 4.78 is 2.02. The Morgan fingerprint density at radius 1 is 1.50 bits per heavy atom. The molecule has 0 unspecified atom stereocenters. The molecule has 0 aromatic carbocycles. The summed E-state index contributed by atoms with van der Waals surface area (Å²) in [7, 11) is 0. The van der Waals surface area contributed by atoms with E-state index in [9.17, 15) is 4.79 Å². The molecule has 0 aliphatic heterocycles. The zero-order valence-electron chi connectivity index (χ0n) is 8.71. The molecule has 0 atom stereocenters. The summed E-state index contributed by atoms with van der Waals surface area (Å²) in [5.74, 6) is 4.88. The van der Waals surface area contributed by atoms with Gasteiger partial charge in [0.05, 0.1) is 0 Å². The number of nitrogens with two attached hydrogens (primary N) is 1. The van der Waals surface area contributed by atoms with Crippen molar-refractivity contribution in [3.63, 3.8) is 0 Å². The molecule has 14 heavy (non-hydrogen) atoms. The van der Waals surface area contributed by atoms with Crippen LogP contribution in [0.2, 0.25) is 0 Å². The van der Waals surface area contributed by atoms with Gasteiger partial charge in [-0.15, -0.1) is 0 Å². The third kappa shape index (κ3) is 1.96. The molecule has 0 radical (unpaired) electrons. The summed E-state index contributed by atoms with van der Waals surface area (Å²) >= 11 is 0. The fourth-order valence-electron chi connectivity index (χ4n) is 1.58. The molecule has 1 aromatic heterocycles. The molecule has 0 fully saturated rings. The van der Waals surface area contributed by atoms with Crippen LogP contribution in [0.5, 0.6) is 0 Å². The van der Waals surface area contributed by atoms with Crippen molar-refractivity contribution in [3.05, 3.63) is 23.5 Å². The van der Waals surface area contributed by atoms with Crippen LogP contribution >= 0.6 is 0 Å². The number of nitrogens with one attached hydrogen (secondary N) is 1. The number of aryl methyl sites for hydroxylation is 1. The van der Waals surface area contributed by atoms with Crippen LogP contribution in [-0.4, -0.2) is 10.5 Å². The Bertz CT molecular complexity index is 317. The van der Waals surface area contributed by atoms with E-state index in [-0.39, 0.29) is 5.91 Å². The molecule has 0 bridgehead atoms. The smallest absolute Gasteiger partial charge is 0.281 e. The Labute approximate surface area is 84.1 Å². The highest BCUT2D eigenvalue weighted by molar-refractivity contribution is 5.92. The van der Waals surface area contributed by atoms with Crippen molar-refractivity contribution in [1.29, 1.82) is 0 Å². The fourth-order valence-corrected chi connectivity index (χ4v) is 1.58. The van der Waals surface area contributed by atoms with Gasteiger partial charge in [-0.05, 0) is 25.0 Å². The van der Waals surface area contributed by atoms with Crippen LogP contribution in [0, 0.1) is 0 Å². The van der Waals surface area contributed by atoms with E-state index < -0.39 is 0 Å². The second-order valence-corrected chi connectivity index (χ2v) is 3.19. The van der Waals surface area contributed by atoms with E-state index in [2.05, 4.69) is 19.3 Å². The Balaban J connectivity index is 3.03. The van der Waals surface area contributed by atoms with E-state index in [4.69, 9.17) is 5.84 Å². The molecular formula is C10H17N3O. The highest BCUT2D eigenvalue weighted by Gasteiger charge is 2.11. The first-order valence-electron chi connectivity index (χ1n) is 4.93. The van der Waals surface area contributed by atoms with E-state index in [1.54, 1.807) is 0 Å². The summed E-state index contributed by atoms with van der Waals surface area (Å²) in [5.41, 5.74) is 3.97. The van der Waals surface area contributed by atoms with Gasteiger partial charge in [0.25, 0.3) is 5.91 Å². The summed E-state index contributed by atoms with van der Waals surface area (Å²) in [6.07, 6.45) is 1.93. The monoisotopic (exact) mass is 195 g/mol. The lowest BCUT2D eigenvalue weighted by atomic mass is 10.3. The number of aromatic nitrogens is 1. The molecule has 1 heterocycles. The average molecular weight is 195 g/mol. The van der Waals surface area contributed by atoms with Gasteiger partial charge >= 0.3 is 0 Å². The Morgan fingerprint density at radius 3 is 2.71 bits per heavy atom. The third-order valence-corrected chi connectivity index (χ3v) is 2.24. The van der Waals surface area contributed by atoms with E-state index in [1.807, 2.05) is 16.7 Å². The molecule has 1 rings (SSSR count). The van der Waals surface area contributed by atoms with Crippen LogP contribution in [-0.2, 0) is 13.0 Å². The zero-order chi connectivity index (χ0) is 10.6. The van der Waals surface area contributed by atoms with Crippen LogP contribution in [0.3, 0.4) is 0 Å². The zero-order valence-corrected chi connectivity index (χ0v) is 8.71. The number of carbonyl (C=O) groups excluding carboxylic acids is 1. The van der Waals surface area contributed by atoms with Gasteiger partial charge in [0.1, 0.15) is 5.69 Å². The fraction of sp³-hybridized carbons (Fsp3) is 0.500. The Morgan fingerprint density at radius 2 is 2.21 bits per heavy atom. The van der Waals surface area contributed by atoms with Crippen molar-refractivity contribution < 1.29 is 4.79 Å². The predicted octanol–water partition coefficient (Wildman–Crippen LogP) is 1.06. The Kier molecular flexibility index (Phi) is 3.71. The van der Waals surface area contributed by atoms with Crippen molar-refractivity contribution >= 4 is 5.91 Å². The van der Waals surface area contributed by atoms with Gasteiger partial charge < -0.3 is 4.57 Å². The molecule has 4 heteroatoms. The minimum absolute atomic E-state index is 0.224. The minimum atomic E-state index is -0.224. The van der Waals surface area contributed by atoms with Crippen LogP contribution < -0.4 is 11.3 Å². The van der Waals surface area contributed by atoms with Gasteiger partial charge in [0.2, 0.25) is 0 Å². The van der Waals surface area contributed by atoms with Crippen molar-refractivity contribution in [2.75, 3.05) is 0 Å². The lowest BCUT2D eigenvalue weighted by Crippen LogP contribution is -2.32. The number of nitrogen functional groups attached to an aromatic ring is 1. The molecule has 0 aliphatic rings. The van der Waals surface area contributed by atoms with E-state index >= 15 is 0 Å². The number of amides is 1. The van der Waals surface area contributed by atoms with E-state index in [0.717, 1.165) is 19.4 Å². The minimum Gasteiger partial charge on any atom is -0.341 e. The van der Waals surface area contributed by atoms with Gasteiger partial charge in [0, 0.05) is 12.2 Å². The summed E-state index contributed by atoms with van der Waals surface area (Å²) in [6, 6.07) is 3.79. The lowest BCUT2D eigenvalue weighted by Gasteiger charge is -2.10. The largest absolute Gasteiger partial charge is 0.341 e. The number of hydrogen-bond acceptors (Lipinski definition) is 2. The van der Waals surface area contributed by atoms with Crippen molar-refractivity contribution in [1.82, 2.24) is 9.99 Å². The van der Waals surface area contributed by atoms with Crippen molar-refractivity contribution in [3.8, 4) is 0 Å². The molecule has 1 amide bonds. The highest BCUT2D eigenvalue weighted by atomic mass is 16.2. The second kappa shape index (κ2) is 4.81. The quantitative estimate of drug-likeness (QED) is 0.429. The lowest BCUT2D eigenvalue weighted by molar-refractivity contribution is 0.0944. The Hall–Kier alpha value is -1.29. The summed E-state index contributed by atoms with van der Waals surface area (Å²) in [4.78, 5) is 11.4. The summed E-state index contributed by atoms with van der Waals surface area (Å²) in [5, 5.41) is 0. The van der Waals surface area contributed by atoms with Crippen molar-refractivity contribution in [2.24, 2.45) is 5.84 Å². The summed E-state index contributed by atoms with van der Waals surface area (Å²) in [6.45, 7) is 5.02. The van der Waals surface area contributed by atoms with Gasteiger partial charge in [-0.1, -0.05) is 13.8 Å². The maximum atomic E-state index is 11.4. The number of hydrogen-bond donors (Lipinski definition) is 2. The molecule has 0 saturated carbocycles. The topological polar surface area (TPSA) is 60.0 Å². The number of hydrazine groups is 1. The maximum Gasteiger partial charge on any atom is 0.281 e. The predicted molar refractivity (Wildman–Crippen MR) is 55.8 cm³/mol. The number of rotatable bonds is 4. The standard InChI is InChI=1S/C10H17N3O/c1-3-7-13-8(4-2)5-6-9(13)10(14)12-11/h5-6H,3-4,7,11H2,1-2H3,(H,12,14). The number of carbonyl (C=O) groups is 1. The molecule has 0 spiro atoms. The van der Waals surface area contributed by atoms with Gasteiger partial charge in [-0.25, -0.2) is 5.84 Å². The third-order valence-electron chi connectivity index (χ3n) is 2.24. The molecular weight excluding hydrogens is 178 g/mol. The molecule has 3 N–H and O–H groups in total. The van der Waals surface area contributed by atoms with Crippen molar-refractivity contribution in [2.45, 2.75) is 33.2 Å². The van der Waals surface area contributed by atoms with E-state index in [1.165, 1.54) is 5.69 Å². The SMILES string of the molecule is CCCn1c(CC)ccc1C(=O)NN.